The highest BCUT2D eigenvalue weighted by Gasteiger charge is 2.58. The molecule has 1 aromatic rings. The van der Waals surface area contributed by atoms with Crippen molar-refractivity contribution in [1.82, 2.24) is 19.7 Å². The van der Waals surface area contributed by atoms with Crippen molar-refractivity contribution < 1.29 is 14.0 Å². The highest BCUT2D eigenvalue weighted by molar-refractivity contribution is 5.95. The van der Waals surface area contributed by atoms with Gasteiger partial charge in [0.1, 0.15) is 0 Å². The smallest absolute Gasteiger partial charge is 0.249 e. The van der Waals surface area contributed by atoms with E-state index in [2.05, 4.69) is 28.5 Å². The number of unbranched alkanes of at least 4 members (excludes halogenated alkanes) is 1. The molecular formula is C22H30FN5O2. The van der Waals surface area contributed by atoms with Crippen molar-refractivity contribution in [3.63, 3.8) is 0 Å². The van der Waals surface area contributed by atoms with Crippen molar-refractivity contribution in [3.05, 3.63) is 35.9 Å². The maximum atomic E-state index is 13.9. The minimum atomic E-state index is -0.549. The van der Waals surface area contributed by atoms with E-state index in [-0.39, 0.29) is 23.1 Å². The van der Waals surface area contributed by atoms with Crippen LogP contribution in [0.5, 0.6) is 0 Å². The molecule has 0 aromatic carbocycles. The molecule has 2 fully saturated rings. The summed E-state index contributed by atoms with van der Waals surface area (Å²) < 4.78 is 13.9. The second-order valence-corrected chi connectivity index (χ2v) is 8.20. The van der Waals surface area contributed by atoms with Crippen LogP contribution in [0, 0.1) is 17.7 Å². The molecule has 1 saturated heterocycles. The van der Waals surface area contributed by atoms with Gasteiger partial charge in [0.2, 0.25) is 11.8 Å². The van der Waals surface area contributed by atoms with Crippen LogP contribution < -0.4 is 0 Å². The number of piperidine rings is 1. The summed E-state index contributed by atoms with van der Waals surface area (Å²) in [5.41, 5.74) is 0.374. The monoisotopic (exact) mass is 415 g/mol. The van der Waals surface area contributed by atoms with Crippen LogP contribution >= 0.6 is 0 Å². The molecule has 1 saturated carbocycles. The Bertz CT molecular complexity index is 831. The second kappa shape index (κ2) is 9.47. The van der Waals surface area contributed by atoms with E-state index in [1.807, 2.05) is 11.9 Å². The van der Waals surface area contributed by atoms with Gasteiger partial charge in [-0.25, -0.2) is 4.39 Å². The number of carbonyl (C=O) groups excluding carboxylic acids is 2. The molecule has 1 aliphatic heterocycles. The Morgan fingerprint density at radius 1 is 1.37 bits per heavy atom. The van der Waals surface area contributed by atoms with Gasteiger partial charge in [0.15, 0.2) is 5.82 Å². The van der Waals surface area contributed by atoms with E-state index in [4.69, 9.17) is 0 Å². The van der Waals surface area contributed by atoms with Gasteiger partial charge in [-0.2, -0.15) is 0 Å². The first-order chi connectivity index (χ1) is 14.4. The third kappa shape index (κ3) is 4.75. The Balaban J connectivity index is 1.53. The van der Waals surface area contributed by atoms with Crippen LogP contribution in [-0.4, -0.2) is 78.1 Å². The van der Waals surface area contributed by atoms with E-state index in [9.17, 15) is 14.0 Å². The highest BCUT2D eigenvalue weighted by Crippen LogP contribution is 2.48. The predicted octanol–water partition coefficient (Wildman–Crippen LogP) is 2.26. The first-order valence-electron chi connectivity index (χ1n) is 10.4. The Morgan fingerprint density at radius 2 is 2.07 bits per heavy atom. The number of hydrogen-bond acceptors (Lipinski definition) is 5. The number of halogens is 1. The third-order valence-electron chi connectivity index (χ3n) is 6.05. The first-order valence-corrected chi connectivity index (χ1v) is 10.4. The molecular weight excluding hydrogens is 385 g/mol. The molecule has 1 aliphatic carbocycles. The summed E-state index contributed by atoms with van der Waals surface area (Å²) in [6.07, 6.45) is 6.43. The number of likely N-dealkylation sites (tertiary alicyclic amines) is 1. The Hall–Kier alpha value is -2.61. The topological polar surface area (TPSA) is 69.1 Å². The second-order valence-electron chi connectivity index (χ2n) is 8.20. The van der Waals surface area contributed by atoms with Crippen molar-refractivity contribution in [2.45, 2.75) is 32.2 Å². The third-order valence-corrected chi connectivity index (χ3v) is 6.05. The quantitative estimate of drug-likeness (QED) is 0.352. The van der Waals surface area contributed by atoms with E-state index in [1.54, 1.807) is 11.9 Å². The number of pyridine rings is 1. The zero-order valence-corrected chi connectivity index (χ0v) is 17.9. The predicted molar refractivity (Wildman–Crippen MR) is 114 cm³/mol. The number of nitrogens with zero attached hydrogens (tertiary/aromatic N) is 5. The average molecular weight is 416 g/mol. The van der Waals surface area contributed by atoms with Gasteiger partial charge >= 0.3 is 0 Å². The number of fused-ring (bicyclic) bond motifs is 1. The summed E-state index contributed by atoms with van der Waals surface area (Å²) >= 11 is 0. The summed E-state index contributed by atoms with van der Waals surface area (Å²) in [5, 5.41) is 0. The van der Waals surface area contributed by atoms with Crippen LogP contribution in [0.15, 0.2) is 29.5 Å². The maximum Gasteiger partial charge on any atom is 0.249 e. The molecule has 3 atom stereocenters. The largest absolute Gasteiger partial charge is 0.342 e. The van der Waals surface area contributed by atoms with E-state index in [0.717, 1.165) is 32.1 Å². The summed E-state index contributed by atoms with van der Waals surface area (Å²) in [6, 6.07) is 1.85. The van der Waals surface area contributed by atoms with Crippen molar-refractivity contribution in [3.8, 4) is 0 Å². The van der Waals surface area contributed by atoms with E-state index in [0.29, 0.717) is 31.0 Å². The minimum Gasteiger partial charge on any atom is -0.342 e. The van der Waals surface area contributed by atoms with Crippen LogP contribution in [0.1, 0.15) is 31.7 Å². The van der Waals surface area contributed by atoms with Crippen LogP contribution in [0.2, 0.25) is 0 Å². The number of likely N-dealkylation sites (N-methyl/N-ethyl adjacent to an activating group) is 1. The molecule has 30 heavy (non-hydrogen) atoms. The lowest BCUT2D eigenvalue weighted by Crippen LogP contribution is -2.41. The molecule has 8 heteroatoms. The molecule has 2 aliphatic rings. The summed E-state index contributed by atoms with van der Waals surface area (Å²) in [6.45, 7) is 7.61. The lowest BCUT2D eigenvalue weighted by molar-refractivity contribution is -0.131. The molecule has 7 nitrogen and oxygen atoms in total. The van der Waals surface area contributed by atoms with Crippen molar-refractivity contribution in [2.75, 3.05) is 33.9 Å². The zero-order valence-electron chi connectivity index (χ0n) is 17.9. The Morgan fingerprint density at radius 3 is 2.67 bits per heavy atom. The normalized spacial score (nSPS) is 22.8. The van der Waals surface area contributed by atoms with Gasteiger partial charge in [-0.1, -0.05) is 13.3 Å². The molecule has 3 rings (SSSR count). The molecule has 0 N–H and O–H groups in total. The van der Waals surface area contributed by atoms with Crippen LogP contribution in [-0.2, 0) is 9.59 Å². The summed E-state index contributed by atoms with van der Waals surface area (Å²) in [5.74, 6) is 0.401. The molecule has 2 heterocycles. The van der Waals surface area contributed by atoms with Crippen LogP contribution in [0.4, 0.5) is 4.39 Å². The molecule has 1 aromatic heterocycles. The SMILES string of the molecule is C=N/C(=C\C(=O)N(C)CN(C)C1[C@H]2CN(C(=O)CCCC)C[C@@H]12)c1ccncc1F. The van der Waals surface area contributed by atoms with Crippen molar-refractivity contribution >= 4 is 24.2 Å². The fraction of sp³-hybridized carbons (Fsp3) is 0.545. The number of hydrogen-bond donors (Lipinski definition) is 0. The van der Waals surface area contributed by atoms with E-state index in [1.165, 1.54) is 18.3 Å². The van der Waals surface area contributed by atoms with Gasteiger partial charge in [-0.05, 0) is 38.1 Å². The average Bonchev–Trinajstić information content (AvgIpc) is 3.24. The molecule has 162 valence electrons. The van der Waals surface area contributed by atoms with Gasteiger partial charge in [0.25, 0.3) is 0 Å². The molecule has 0 bridgehead atoms. The van der Waals surface area contributed by atoms with Crippen LogP contribution in [0.3, 0.4) is 0 Å². The first kappa shape index (κ1) is 22.1. The number of aliphatic imine (C=N–C) groups is 1. The van der Waals surface area contributed by atoms with Crippen LogP contribution in [0.25, 0.3) is 5.70 Å². The molecule has 0 radical (unpaired) electrons. The fourth-order valence-electron chi connectivity index (χ4n) is 4.36. The molecule has 0 spiro atoms. The lowest BCUT2D eigenvalue weighted by Gasteiger charge is -2.27. The Kier molecular flexibility index (Phi) is 6.97. The van der Waals surface area contributed by atoms with Crippen molar-refractivity contribution in [2.24, 2.45) is 16.8 Å². The summed E-state index contributed by atoms with van der Waals surface area (Å²) in [7, 11) is 3.70. The van der Waals surface area contributed by atoms with E-state index < -0.39 is 5.82 Å². The zero-order chi connectivity index (χ0) is 21.8. The number of carbonyl (C=O) groups is 2. The van der Waals surface area contributed by atoms with Gasteiger partial charge in [-0.15, -0.1) is 0 Å². The molecule has 2 amide bonds. The standard InChI is InChI=1S/C22H30FN5O2/c1-5-6-7-20(29)28-12-16-17(13-28)22(16)27(4)14-26(3)21(30)10-19(24-2)15-8-9-25-11-18(15)23/h8-11,16-17,22H,2,5-7,12-14H2,1,3-4H3/b19-10-/t16-,17+,22?. The number of amides is 2. The van der Waals surface area contributed by atoms with E-state index >= 15 is 0 Å². The maximum absolute atomic E-state index is 13.9. The highest BCUT2D eigenvalue weighted by atomic mass is 19.1. The Labute approximate surface area is 177 Å². The fourth-order valence-corrected chi connectivity index (χ4v) is 4.36. The van der Waals surface area contributed by atoms with Crippen molar-refractivity contribution in [1.29, 1.82) is 0 Å². The van der Waals surface area contributed by atoms with Gasteiger partial charge in [0, 0.05) is 50.4 Å². The number of aromatic nitrogens is 1. The molecule has 1 unspecified atom stereocenters. The van der Waals surface area contributed by atoms with Gasteiger partial charge in [0.05, 0.1) is 18.6 Å². The number of rotatable bonds is 9. The van der Waals surface area contributed by atoms with Gasteiger partial charge in [-0.3, -0.25) is 24.5 Å². The van der Waals surface area contributed by atoms with Gasteiger partial charge < -0.3 is 9.80 Å². The lowest BCUT2D eigenvalue weighted by atomic mass is 10.2. The summed E-state index contributed by atoms with van der Waals surface area (Å²) in [4.78, 5) is 38.0. The minimum absolute atomic E-state index is 0.180.